The van der Waals surface area contributed by atoms with Gasteiger partial charge >= 0.3 is 5.97 Å². The van der Waals surface area contributed by atoms with Gasteiger partial charge in [-0.05, 0) is 42.0 Å². The molecule has 5 N–H and O–H groups in total. The predicted octanol–water partition coefficient (Wildman–Crippen LogP) is 3.91. The Bertz CT molecular complexity index is 1910. The average Bonchev–Trinajstić information content (AvgIpc) is 3.83. The normalized spacial score (nSPS) is 22.7. The van der Waals surface area contributed by atoms with Crippen molar-refractivity contribution in [3.63, 3.8) is 0 Å². The lowest BCUT2D eigenvalue weighted by molar-refractivity contribution is -0.143. The van der Waals surface area contributed by atoms with E-state index in [1.165, 1.54) is 0 Å². The van der Waals surface area contributed by atoms with Gasteiger partial charge in [0.05, 0.1) is 0 Å². The lowest BCUT2D eigenvalue weighted by Gasteiger charge is -2.30. The van der Waals surface area contributed by atoms with Crippen LogP contribution in [-0.2, 0) is 21.4 Å². The minimum Gasteiger partial charge on any atom is -0.476 e. The molecule has 0 saturated heterocycles. The number of benzene rings is 2. The number of ether oxygens (including phenoxy) is 1. The standard InChI is InChI=1S/C34H35N5O8/c1-5-33(44,6-2)31(43)36-21-14-17-11-12-23-19(13-17)34(18-9-7-8-10-20(18)37-32(34)46-23)26-25(28-35-22(15-45-28)30(41)42)39-29(47-26)24(16(3)4)38-27(21)40/h7-13,15-16,21,24,32,37,44H,5-6,14H2,1-4H3,(H,36,43)(H,38,40)(H,41,42)/t21-,24-,32-,34?/m0/s1. The molecular formula is C34H35N5O8. The fraction of sp³-hybridized carbons (Fsp3) is 0.382. The highest BCUT2D eigenvalue weighted by Crippen LogP contribution is 2.59. The molecule has 244 valence electrons. The molecule has 3 aliphatic rings. The quantitative estimate of drug-likeness (QED) is 0.197. The molecule has 4 bridgehead atoms. The number of carboxylic acid groups (broad SMARTS) is 1. The summed E-state index contributed by atoms with van der Waals surface area (Å²) in [6.45, 7) is 7.21. The molecular weight excluding hydrogens is 606 g/mol. The Morgan fingerprint density at radius 3 is 2.57 bits per heavy atom. The molecule has 0 saturated carbocycles. The van der Waals surface area contributed by atoms with Gasteiger partial charge in [0, 0.05) is 17.7 Å². The second kappa shape index (κ2) is 11.0. The largest absolute Gasteiger partial charge is 0.476 e. The number of carboxylic acids is 1. The number of anilines is 1. The van der Waals surface area contributed by atoms with E-state index in [-0.39, 0.29) is 48.3 Å². The highest BCUT2D eigenvalue weighted by atomic mass is 16.5. The second-order valence-corrected chi connectivity index (χ2v) is 12.6. The minimum atomic E-state index is -1.64. The molecule has 2 aromatic heterocycles. The number of carbonyl (C=O) groups is 3. The molecule has 1 unspecified atom stereocenters. The van der Waals surface area contributed by atoms with Gasteiger partial charge in [-0.3, -0.25) is 9.59 Å². The van der Waals surface area contributed by atoms with E-state index in [1.807, 2.05) is 56.3 Å². The average molecular weight is 642 g/mol. The van der Waals surface area contributed by atoms with E-state index in [0.29, 0.717) is 11.5 Å². The fourth-order valence-corrected chi connectivity index (χ4v) is 6.79. The third kappa shape index (κ3) is 4.59. The summed E-state index contributed by atoms with van der Waals surface area (Å²) in [4.78, 5) is 48.2. The Kier molecular flexibility index (Phi) is 7.12. The van der Waals surface area contributed by atoms with Gasteiger partial charge in [-0.1, -0.05) is 58.0 Å². The van der Waals surface area contributed by atoms with E-state index in [2.05, 4.69) is 20.9 Å². The maximum Gasteiger partial charge on any atom is 0.357 e. The van der Waals surface area contributed by atoms with Crippen molar-refractivity contribution in [2.75, 3.05) is 5.32 Å². The summed E-state index contributed by atoms with van der Waals surface area (Å²) in [7, 11) is 0. The van der Waals surface area contributed by atoms with E-state index < -0.39 is 47.1 Å². The maximum atomic E-state index is 14.0. The monoisotopic (exact) mass is 641 g/mol. The van der Waals surface area contributed by atoms with Crippen LogP contribution in [0.4, 0.5) is 5.69 Å². The summed E-state index contributed by atoms with van der Waals surface area (Å²) in [5.74, 6) is -1.68. The molecule has 4 aromatic rings. The molecule has 13 heteroatoms. The summed E-state index contributed by atoms with van der Waals surface area (Å²) >= 11 is 0. The van der Waals surface area contributed by atoms with Crippen LogP contribution in [0.1, 0.15) is 85.4 Å². The van der Waals surface area contributed by atoms with Crippen LogP contribution in [0.25, 0.3) is 11.6 Å². The van der Waals surface area contributed by atoms with Gasteiger partial charge in [-0.15, -0.1) is 0 Å². The SMILES string of the molecule is CCC(O)(CC)C(=O)N[C@H]1Cc2ccc3c(c2)C2(c4ccccc4N[C@H]2O3)c2oc(nc2-c2nc(C(=O)O)co2)[C@H](C(C)C)NC1=O. The summed E-state index contributed by atoms with van der Waals surface area (Å²) in [5.41, 5.74) is 0.175. The van der Waals surface area contributed by atoms with Crippen molar-refractivity contribution < 1.29 is 38.2 Å². The highest BCUT2D eigenvalue weighted by Gasteiger charge is 2.61. The summed E-state index contributed by atoms with van der Waals surface area (Å²) in [6.07, 6.45) is 0.831. The molecule has 7 rings (SSSR count). The van der Waals surface area contributed by atoms with E-state index in [9.17, 15) is 24.6 Å². The predicted molar refractivity (Wildman–Crippen MR) is 167 cm³/mol. The number of amides is 2. The van der Waals surface area contributed by atoms with Crippen LogP contribution in [-0.4, -0.2) is 55.8 Å². The second-order valence-electron chi connectivity index (χ2n) is 12.6. The lowest BCUT2D eigenvalue weighted by Crippen LogP contribution is -2.55. The smallest absolute Gasteiger partial charge is 0.357 e. The number of hydrogen-bond donors (Lipinski definition) is 5. The summed E-state index contributed by atoms with van der Waals surface area (Å²) in [5, 5.41) is 29.9. The number of nitrogens with one attached hydrogen (secondary N) is 3. The van der Waals surface area contributed by atoms with Crippen LogP contribution in [0.15, 0.2) is 57.6 Å². The zero-order chi connectivity index (χ0) is 33.2. The Hall–Kier alpha value is -5.17. The van der Waals surface area contributed by atoms with Crippen molar-refractivity contribution in [3.8, 4) is 17.3 Å². The van der Waals surface area contributed by atoms with Crippen molar-refractivity contribution in [1.82, 2.24) is 20.6 Å². The number of aromatic carboxylic acids is 1. The Balaban J connectivity index is 1.48. The molecule has 5 heterocycles. The number of para-hydroxylation sites is 1. The first kappa shape index (κ1) is 30.5. The van der Waals surface area contributed by atoms with Gasteiger partial charge in [0.2, 0.25) is 17.7 Å². The third-order valence-electron chi connectivity index (χ3n) is 9.56. The number of aliphatic hydroxyl groups is 1. The molecule has 2 amide bonds. The zero-order valence-electron chi connectivity index (χ0n) is 26.3. The van der Waals surface area contributed by atoms with Crippen molar-refractivity contribution in [1.29, 1.82) is 0 Å². The van der Waals surface area contributed by atoms with Crippen molar-refractivity contribution >= 4 is 23.5 Å². The van der Waals surface area contributed by atoms with E-state index in [1.54, 1.807) is 13.8 Å². The maximum absolute atomic E-state index is 14.0. The summed E-state index contributed by atoms with van der Waals surface area (Å²) in [6, 6.07) is 11.4. The van der Waals surface area contributed by atoms with Gasteiger partial charge in [-0.2, -0.15) is 0 Å². The minimum absolute atomic E-state index is 0.0678. The first-order valence-electron chi connectivity index (χ1n) is 15.7. The Morgan fingerprint density at radius 2 is 1.87 bits per heavy atom. The van der Waals surface area contributed by atoms with Gasteiger partial charge < -0.3 is 39.7 Å². The lowest BCUT2D eigenvalue weighted by atomic mass is 9.72. The molecule has 3 aliphatic heterocycles. The molecule has 0 fully saturated rings. The Labute approximate surface area is 269 Å². The van der Waals surface area contributed by atoms with E-state index in [4.69, 9.17) is 18.6 Å². The van der Waals surface area contributed by atoms with Crippen LogP contribution in [0, 0.1) is 5.92 Å². The first-order valence-corrected chi connectivity index (χ1v) is 15.7. The van der Waals surface area contributed by atoms with Crippen LogP contribution in [0.3, 0.4) is 0 Å². The van der Waals surface area contributed by atoms with Crippen LogP contribution >= 0.6 is 0 Å². The number of rotatable bonds is 7. The molecule has 13 nitrogen and oxygen atoms in total. The van der Waals surface area contributed by atoms with Crippen LogP contribution < -0.4 is 20.7 Å². The number of nitrogens with zero attached hydrogens (tertiary/aromatic N) is 2. The van der Waals surface area contributed by atoms with Crippen molar-refractivity contribution in [2.24, 2.45) is 5.92 Å². The van der Waals surface area contributed by atoms with Crippen LogP contribution in [0.5, 0.6) is 5.75 Å². The number of oxazole rings is 2. The molecule has 2 aromatic carbocycles. The van der Waals surface area contributed by atoms with Gasteiger partial charge in [0.25, 0.3) is 5.91 Å². The highest BCUT2D eigenvalue weighted by molar-refractivity contribution is 5.92. The van der Waals surface area contributed by atoms with E-state index >= 15 is 0 Å². The number of fused-ring (bicyclic) bond motifs is 4. The topological polar surface area (TPSA) is 189 Å². The zero-order valence-corrected chi connectivity index (χ0v) is 26.3. The number of hydrogen-bond acceptors (Lipinski definition) is 10. The molecule has 1 spiro atoms. The number of aromatic nitrogens is 2. The summed E-state index contributed by atoms with van der Waals surface area (Å²) < 4.78 is 18.9. The molecule has 0 radical (unpaired) electrons. The van der Waals surface area contributed by atoms with Gasteiger partial charge in [-0.25, -0.2) is 14.8 Å². The molecule has 4 atom stereocenters. The fourth-order valence-electron chi connectivity index (χ4n) is 6.79. The van der Waals surface area contributed by atoms with Gasteiger partial charge in [0.1, 0.15) is 35.1 Å². The molecule has 47 heavy (non-hydrogen) atoms. The van der Waals surface area contributed by atoms with Gasteiger partial charge in [0.15, 0.2) is 23.4 Å². The van der Waals surface area contributed by atoms with E-state index in [0.717, 1.165) is 28.6 Å². The first-order chi connectivity index (χ1) is 22.5. The Morgan fingerprint density at radius 1 is 1.11 bits per heavy atom. The third-order valence-corrected chi connectivity index (χ3v) is 9.56. The van der Waals surface area contributed by atoms with Crippen molar-refractivity contribution in [2.45, 2.75) is 76.3 Å². The number of carbonyl (C=O) groups excluding carboxylic acids is 2. The van der Waals surface area contributed by atoms with Crippen molar-refractivity contribution in [3.05, 3.63) is 82.8 Å². The van der Waals surface area contributed by atoms with Crippen LogP contribution in [0.2, 0.25) is 0 Å². The molecule has 0 aliphatic carbocycles.